The van der Waals surface area contributed by atoms with Gasteiger partial charge in [-0.15, -0.1) is 0 Å². The summed E-state index contributed by atoms with van der Waals surface area (Å²) in [5.41, 5.74) is 1.85. The second-order valence-corrected chi connectivity index (χ2v) is 6.36. The summed E-state index contributed by atoms with van der Waals surface area (Å²) in [6.07, 6.45) is 2.95. The van der Waals surface area contributed by atoms with E-state index < -0.39 is 11.7 Å². The van der Waals surface area contributed by atoms with Gasteiger partial charge < -0.3 is 19.5 Å². The molecule has 0 aliphatic carbocycles. The molecule has 1 N–H and O–H groups in total. The van der Waals surface area contributed by atoms with Crippen molar-refractivity contribution in [3.05, 3.63) is 89.8 Å². The molecule has 0 unspecified atom stereocenters. The topological polar surface area (TPSA) is 56.8 Å². The molecule has 0 atom stereocenters. The summed E-state index contributed by atoms with van der Waals surface area (Å²) in [5, 5.41) is 2.50. The van der Waals surface area contributed by atoms with Gasteiger partial charge in [0.05, 0.1) is 19.9 Å². The van der Waals surface area contributed by atoms with Gasteiger partial charge in [-0.05, 0) is 29.3 Å². The van der Waals surface area contributed by atoms with E-state index in [1.165, 1.54) is 26.4 Å². The lowest BCUT2D eigenvalue weighted by Crippen LogP contribution is -2.09. The molecule has 0 heterocycles. The number of halogens is 1. The largest absolute Gasteiger partial charge is 0.493 e. The lowest BCUT2D eigenvalue weighted by Gasteiger charge is -2.11. The zero-order chi connectivity index (χ0) is 21.3. The standard InChI is InChI=1S/C24H22FNO4/c1-28-22-14-20(25)21(15-23(22)29-2)26-24(27)12-11-17-9-6-10-19(13-17)30-16-18-7-4-3-5-8-18/h3-15H,16H2,1-2H3,(H,26,27). The molecule has 3 aromatic rings. The van der Waals surface area contributed by atoms with Gasteiger partial charge in [0.15, 0.2) is 17.3 Å². The maximum absolute atomic E-state index is 14.2. The van der Waals surface area contributed by atoms with Crippen LogP contribution in [0.3, 0.4) is 0 Å². The third-order valence-electron chi connectivity index (χ3n) is 4.26. The number of hydrogen-bond acceptors (Lipinski definition) is 4. The summed E-state index contributed by atoms with van der Waals surface area (Å²) in [7, 11) is 2.85. The summed E-state index contributed by atoms with van der Waals surface area (Å²) in [6, 6.07) is 19.7. The minimum Gasteiger partial charge on any atom is -0.493 e. The highest BCUT2D eigenvalue weighted by Crippen LogP contribution is 2.32. The average molecular weight is 407 g/mol. The van der Waals surface area contributed by atoms with Crippen LogP contribution in [0.15, 0.2) is 72.8 Å². The number of ether oxygens (including phenoxy) is 3. The molecule has 154 valence electrons. The summed E-state index contributed by atoms with van der Waals surface area (Å²) in [5.74, 6) is 0.159. The molecule has 0 aromatic heterocycles. The van der Waals surface area contributed by atoms with Crippen molar-refractivity contribution in [2.75, 3.05) is 19.5 Å². The van der Waals surface area contributed by atoms with Gasteiger partial charge in [0, 0.05) is 18.2 Å². The van der Waals surface area contributed by atoms with Crippen molar-refractivity contribution in [1.29, 1.82) is 0 Å². The van der Waals surface area contributed by atoms with Gasteiger partial charge in [0.1, 0.15) is 12.4 Å². The number of carbonyl (C=O) groups is 1. The first kappa shape index (κ1) is 20.9. The second-order valence-electron chi connectivity index (χ2n) is 6.36. The van der Waals surface area contributed by atoms with Crippen molar-refractivity contribution in [2.24, 2.45) is 0 Å². The smallest absolute Gasteiger partial charge is 0.248 e. The number of hydrogen-bond donors (Lipinski definition) is 1. The Labute approximate surface area is 174 Å². The average Bonchev–Trinajstić information content (AvgIpc) is 2.78. The third kappa shape index (κ3) is 5.61. The summed E-state index contributed by atoms with van der Waals surface area (Å²) >= 11 is 0. The van der Waals surface area contributed by atoms with Crippen LogP contribution in [0.1, 0.15) is 11.1 Å². The van der Waals surface area contributed by atoms with Crippen molar-refractivity contribution in [2.45, 2.75) is 6.61 Å². The molecule has 0 fully saturated rings. The molecule has 3 rings (SSSR count). The zero-order valence-corrected chi connectivity index (χ0v) is 16.7. The number of nitrogens with one attached hydrogen (secondary N) is 1. The molecule has 30 heavy (non-hydrogen) atoms. The van der Waals surface area contributed by atoms with E-state index in [0.717, 1.165) is 17.2 Å². The first-order chi connectivity index (χ1) is 14.6. The van der Waals surface area contributed by atoms with E-state index in [1.54, 1.807) is 6.08 Å². The SMILES string of the molecule is COc1cc(F)c(NC(=O)C=Cc2cccc(OCc3ccccc3)c2)cc1OC. The number of methoxy groups -OCH3 is 2. The lowest BCUT2D eigenvalue weighted by molar-refractivity contribution is -0.111. The van der Waals surface area contributed by atoms with Crippen LogP contribution in [0, 0.1) is 5.82 Å². The lowest BCUT2D eigenvalue weighted by atomic mass is 10.2. The highest BCUT2D eigenvalue weighted by molar-refractivity contribution is 6.02. The molecule has 5 nitrogen and oxygen atoms in total. The van der Waals surface area contributed by atoms with Crippen LogP contribution in [-0.2, 0) is 11.4 Å². The first-order valence-corrected chi connectivity index (χ1v) is 9.26. The third-order valence-corrected chi connectivity index (χ3v) is 4.26. The van der Waals surface area contributed by atoms with Crippen LogP contribution in [0.4, 0.5) is 10.1 Å². The fourth-order valence-corrected chi connectivity index (χ4v) is 2.75. The van der Waals surface area contributed by atoms with E-state index in [0.29, 0.717) is 18.1 Å². The molecule has 3 aromatic carbocycles. The Morgan fingerprint density at radius 2 is 1.70 bits per heavy atom. The van der Waals surface area contributed by atoms with Gasteiger partial charge >= 0.3 is 0 Å². The molecule has 0 saturated carbocycles. The zero-order valence-electron chi connectivity index (χ0n) is 16.7. The van der Waals surface area contributed by atoms with Crippen molar-refractivity contribution >= 4 is 17.7 Å². The van der Waals surface area contributed by atoms with Gasteiger partial charge in [-0.25, -0.2) is 4.39 Å². The van der Waals surface area contributed by atoms with E-state index in [2.05, 4.69) is 5.32 Å². The molecular weight excluding hydrogens is 385 g/mol. The molecular formula is C24H22FNO4. The predicted molar refractivity (Wildman–Crippen MR) is 114 cm³/mol. The van der Waals surface area contributed by atoms with Gasteiger partial charge in [0.25, 0.3) is 0 Å². The van der Waals surface area contributed by atoms with Crippen molar-refractivity contribution in [1.82, 2.24) is 0 Å². The Morgan fingerprint density at radius 1 is 0.967 bits per heavy atom. The van der Waals surface area contributed by atoms with Crippen molar-refractivity contribution < 1.29 is 23.4 Å². The predicted octanol–water partition coefficient (Wildman–Crippen LogP) is 5.07. The monoisotopic (exact) mass is 407 g/mol. The van der Waals surface area contributed by atoms with Gasteiger partial charge in [0.2, 0.25) is 5.91 Å². The summed E-state index contributed by atoms with van der Waals surface area (Å²) in [6.45, 7) is 0.451. The Balaban J connectivity index is 1.64. The highest BCUT2D eigenvalue weighted by atomic mass is 19.1. The van der Waals surface area contributed by atoms with Crippen molar-refractivity contribution in [3.8, 4) is 17.2 Å². The van der Waals surface area contributed by atoms with Crippen LogP contribution < -0.4 is 19.5 Å². The number of carbonyl (C=O) groups excluding carboxylic acids is 1. The fraction of sp³-hybridized carbons (Fsp3) is 0.125. The Bertz CT molecular complexity index is 1030. The normalized spacial score (nSPS) is 10.6. The number of anilines is 1. The van der Waals surface area contributed by atoms with E-state index in [9.17, 15) is 9.18 Å². The maximum Gasteiger partial charge on any atom is 0.248 e. The molecule has 1 amide bonds. The first-order valence-electron chi connectivity index (χ1n) is 9.26. The fourth-order valence-electron chi connectivity index (χ4n) is 2.75. The molecule has 0 aliphatic rings. The van der Waals surface area contributed by atoms with Gasteiger partial charge in [-0.2, -0.15) is 0 Å². The summed E-state index contributed by atoms with van der Waals surface area (Å²) < 4.78 is 30.1. The van der Waals surface area contributed by atoms with Gasteiger partial charge in [-0.3, -0.25) is 4.79 Å². The Morgan fingerprint density at radius 3 is 2.43 bits per heavy atom. The van der Waals surface area contributed by atoms with Crippen LogP contribution in [0.5, 0.6) is 17.2 Å². The minimum atomic E-state index is -0.620. The van der Waals surface area contributed by atoms with E-state index in [4.69, 9.17) is 14.2 Å². The number of amides is 1. The minimum absolute atomic E-state index is 0.00208. The number of rotatable bonds is 8. The highest BCUT2D eigenvalue weighted by Gasteiger charge is 2.12. The van der Waals surface area contributed by atoms with Crippen LogP contribution in [-0.4, -0.2) is 20.1 Å². The second kappa shape index (κ2) is 10.1. The Hall–Kier alpha value is -3.80. The van der Waals surface area contributed by atoms with Crippen LogP contribution in [0.25, 0.3) is 6.08 Å². The van der Waals surface area contributed by atoms with Gasteiger partial charge in [-0.1, -0.05) is 42.5 Å². The molecule has 6 heteroatoms. The Kier molecular flexibility index (Phi) is 7.05. The number of benzene rings is 3. The molecule has 0 spiro atoms. The van der Waals surface area contributed by atoms with E-state index in [1.807, 2.05) is 54.6 Å². The van der Waals surface area contributed by atoms with E-state index >= 15 is 0 Å². The molecule has 0 radical (unpaired) electrons. The summed E-state index contributed by atoms with van der Waals surface area (Å²) in [4.78, 5) is 12.2. The maximum atomic E-state index is 14.2. The molecule has 0 aliphatic heterocycles. The van der Waals surface area contributed by atoms with Crippen LogP contribution >= 0.6 is 0 Å². The van der Waals surface area contributed by atoms with Crippen molar-refractivity contribution in [3.63, 3.8) is 0 Å². The quantitative estimate of drug-likeness (QED) is 0.530. The van der Waals surface area contributed by atoms with Crippen LogP contribution in [0.2, 0.25) is 0 Å². The molecule has 0 saturated heterocycles. The van der Waals surface area contributed by atoms with E-state index in [-0.39, 0.29) is 11.4 Å². The molecule has 0 bridgehead atoms.